The molecule has 0 saturated carbocycles. The Hall–Kier alpha value is -1.57. The average Bonchev–Trinajstić information content (AvgIpc) is 2.57. The molecule has 0 heterocycles. The zero-order valence-corrected chi connectivity index (χ0v) is 15.1. The van der Waals surface area contributed by atoms with Crippen LogP contribution in [0.2, 0.25) is 0 Å². The molecule has 2 heteroatoms. The SMILES string of the molecule is CCCN(CC=C(c1ccccc1)c1ccccc1)CCC.Cl. The van der Waals surface area contributed by atoms with Crippen LogP contribution in [0.3, 0.4) is 0 Å². The molecule has 2 aromatic rings. The molecule has 0 aliphatic carbocycles. The van der Waals surface area contributed by atoms with Crippen molar-refractivity contribution < 1.29 is 0 Å². The highest BCUT2D eigenvalue weighted by atomic mass is 35.5. The Morgan fingerprint density at radius 3 is 1.61 bits per heavy atom. The summed E-state index contributed by atoms with van der Waals surface area (Å²) in [5, 5.41) is 0. The van der Waals surface area contributed by atoms with Gasteiger partial charge in [0.25, 0.3) is 0 Å². The molecule has 0 unspecified atom stereocenters. The summed E-state index contributed by atoms with van der Waals surface area (Å²) in [5.74, 6) is 0. The first-order chi connectivity index (χ1) is 10.8. The molecule has 2 aromatic carbocycles. The monoisotopic (exact) mass is 329 g/mol. The van der Waals surface area contributed by atoms with Gasteiger partial charge in [-0.3, -0.25) is 4.90 Å². The van der Waals surface area contributed by atoms with Crippen LogP contribution in [0, 0.1) is 0 Å². The van der Waals surface area contributed by atoms with Gasteiger partial charge in [-0.15, -0.1) is 12.4 Å². The van der Waals surface area contributed by atoms with E-state index in [9.17, 15) is 0 Å². The summed E-state index contributed by atoms with van der Waals surface area (Å²) in [7, 11) is 0. The fourth-order valence-corrected chi connectivity index (χ4v) is 2.79. The summed E-state index contributed by atoms with van der Waals surface area (Å²) < 4.78 is 0. The number of hydrogen-bond donors (Lipinski definition) is 0. The van der Waals surface area contributed by atoms with Crippen LogP contribution in [-0.2, 0) is 0 Å². The average molecular weight is 330 g/mol. The molecule has 23 heavy (non-hydrogen) atoms. The predicted octanol–water partition coefficient (Wildman–Crippen LogP) is 5.66. The third-order valence-corrected chi connectivity index (χ3v) is 3.80. The maximum Gasteiger partial charge on any atom is 0.0172 e. The van der Waals surface area contributed by atoms with Gasteiger partial charge >= 0.3 is 0 Å². The molecule has 0 N–H and O–H groups in total. The highest BCUT2D eigenvalue weighted by Crippen LogP contribution is 2.23. The minimum Gasteiger partial charge on any atom is -0.300 e. The van der Waals surface area contributed by atoms with Crippen molar-refractivity contribution in [1.29, 1.82) is 0 Å². The molecule has 124 valence electrons. The van der Waals surface area contributed by atoms with Crippen LogP contribution >= 0.6 is 12.4 Å². The van der Waals surface area contributed by atoms with Crippen LogP contribution in [0.15, 0.2) is 66.7 Å². The van der Waals surface area contributed by atoms with Crippen LogP contribution in [0.5, 0.6) is 0 Å². The second-order valence-corrected chi connectivity index (χ2v) is 5.65. The maximum atomic E-state index is 2.53. The highest BCUT2D eigenvalue weighted by molar-refractivity contribution is 5.85. The standard InChI is InChI=1S/C21H27N.ClH/c1-3-16-22(17-4-2)18-15-21(19-11-7-5-8-12-19)20-13-9-6-10-14-20;/h5-15H,3-4,16-18H2,1-2H3;1H. The molecule has 2 rings (SSSR count). The molecule has 0 aliphatic heterocycles. The Kier molecular flexibility index (Phi) is 9.35. The summed E-state index contributed by atoms with van der Waals surface area (Å²) in [6.07, 6.45) is 4.80. The van der Waals surface area contributed by atoms with E-state index in [4.69, 9.17) is 0 Å². The van der Waals surface area contributed by atoms with Gasteiger partial charge < -0.3 is 0 Å². The molecular formula is C21H28ClN. The lowest BCUT2D eigenvalue weighted by Crippen LogP contribution is -2.25. The maximum absolute atomic E-state index is 2.53. The van der Waals surface area contributed by atoms with Gasteiger partial charge in [0.15, 0.2) is 0 Å². The minimum atomic E-state index is 0. The molecule has 0 aromatic heterocycles. The molecule has 0 spiro atoms. The highest BCUT2D eigenvalue weighted by Gasteiger charge is 2.06. The van der Waals surface area contributed by atoms with Gasteiger partial charge in [-0.05, 0) is 42.6 Å². The minimum absolute atomic E-state index is 0. The number of rotatable bonds is 8. The summed E-state index contributed by atoms with van der Waals surface area (Å²) in [6, 6.07) is 21.4. The van der Waals surface area contributed by atoms with Gasteiger partial charge in [0.1, 0.15) is 0 Å². The van der Waals surface area contributed by atoms with Crippen molar-refractivity contribution in [2.75, 3.05) is 19.6 Å². The fourth-order valence-electron chi connectivity index (χ4n) is 2.79. The Morgan fingerprint density at radius 2 is 1.22 bits per heavy atom. The van der Waals surface area contributed by atoms with Crippen LogP contribution in [0.25, 0.3) is 5.57 Å². The first-order valence-corrected chi connectivity index (χ1v) is 8.38. The molecule has 0 radical (unpaired) electrons. The summed E-state index contributed by atoms with van der Waals surface area (Å²) in [5.41, 5.74) is 3.92. The molecule has 0 aliphatic rings. The lowest BCUT2D eigenvalue weighted by molar-refractivity contribution is 0.304. The number of halogens is 1. The Bertz CT molecular complexity index is 515. The Balaban J connectivity index is 0.00000264. The Labute approximate surface area is 147 Å². The summed E-state index contributed by atoms with van der Waals surface area (Å²) in [4.78, 5) is 2.53. The lowest BCUT2D eigenvalue weighted by Gasteiger charge is -2.20. The van der Waals surface area contributed by atoms with Crippen LogP contribution in [0.4, 0.5) is 0 Å². The Morgan fingerprint density at radius 1 is 0.783 bits per heavy atom. The lowest BCUT2D eigenvalue weighted by atomic mass is 9.97. The molecule has 0 atom stereocenters. The zero-order valence-electron chi connectivity index (χ0n) is 14.2. The van der Waals surface area contributed by atoms with Gasteiger partial charge in [-0.1, -0.05) is 80.6 Å². The second-order valence-electron chi connectivity index (χ2n) is 5.65. The third-order valence-electron chi connectivity index (χ3n) is 3.80. The van der Waals surface area contributed by atoms with Crippen molar-refractivity contribution in [3.05, 3.63) is 77.9 Å². The number of nitrogens with zero attached hydrogens (tertiary/aromatic N) is 1. The fraction of sp³-hybridized carbons (Fsp3) is 0.333. The topological polar surface area (TPSA) is 3.24 Å². The van der Waals surface area contributed by atoms with E-state index in [0.717, 1.165) is 6.54 Å². The first kappa shape index (κ1) is 19.5. The van der Waals surface area contributed by atoms with Crippen molar-refractivity contribution in [1.82, 2.24) is 4.90 Å². The number of benzene rings is 2. The van der Waals surface area contributed by atoms with Crippen molar-refractivity contribution in [3.8, 4) is 0 Å². The predicted molar refractivity (Wildman–Crippen MR) is 104 cm³/mol. The van der Waals surface area contributed by atoms with Crippen molar-refractivity contribution in [2.45, 2.75) is 26.7 Å². The van der Waals surface area contributed by atoms with E-state index in [0.29, 0.717) is 0 Å². The van der Waals surface area contributed by atoms with Crippen molar-refractivity contribution in [2.24, 2.45) is 0 Å². The molecule has 0 saturated heterocycles. The van der Waals surface area contributed by atoms with E-state index < -0.39 is 0 Å². The van der Waals surface area contributed by atoms with Crippen LogP contribution < -0.4 is 0 Å². The van der Waals surface area contributed by atoms with Gasteiger partial charge in [0.05, 0.1) is 0 Å². The zero-order chi connectivity index (χ0) is 15.6. The van der Waals surface area contributed by atoms with E-state index in [1.165, 1.54) is 42.6 Å². The van der Waals surface area contributed by atoms with E-state index in [1.54, 1.807) is 0 Å². The number of hydrogen-bond acceptors (Lipinski definition) is 1. The largest absolute Gasteiger partial charge is 0.300 e. The molecule has 0 bridgehead atoms. The first-order valence-electron chi connectivity index (χ1n) is 8.38. The van der Waals surface area contributed by atoms with E-state index in [-0.39, 0.29) is 12.4 Å². The second kappa shape index (κ2) is 11.0. The quantitative estimate of drug-likeness (QED) is 0.603. The van der Waals surface area contributed by atoms with Gasteiger partial charge in [0.2, 0.25) is 0 Å². The normalized spacial score (nSPS) is 10.2. The molecule has 0 fully saturated rings. The van der Waals surface area contributed by atoms with E-state index in [1.807, 2.05) is 0 Å². The van der Waals surface area contributed by atoms with Crippen LogP contribution in [-0.4, -0.2) is 24.5 Å². The van der Waals surface area contributed by atoms with E-state index in [2.05, 4.69) is 85.5 Å². The van der Waals surface area contributed by atoms with Crippen LogP contribution in [0.1, 0.15) is 37.8 Å². The summed E-state index contributed by atoms with van der Waals surface area (Å²) >= 11 is 0. The van der Waals surface area contributed by atoms with Crippen molar-refractivity contribution in [3.63, 3.8) is 0 Å². The van der Waals surface area contributed by atoms with Gasteiger partial charge in [-0.2, -0.15) is 0 Å². The third kappa shape index (κ3) is 6.21. The van der Waals surface area contributed by atoms with Crippen molar-refractivity contribution >= 4 is 18.0 Å². The smallest absolute Gasteiger partial charge is 0.0172 e. The molecular weight excluding hydrogens is 302 g/mol. The van der Waals surface area contributed by atoms with Gasteiger partial charge in [-0.25, -0.2) is 0 Å². The van der Waals surface area contributed by atoms with Gasteiger partial charge in [0, 0.05) is 6.54 Å². The van der Waals surface area contributed by atoms with E-state index >= 15 is 0 Å². The molecule has 1 nitrogen and oxygen atoms in total. The summed E-state index contributed by atoms with van der Waals surface area (Å²) in [6.45, 7) is 7.85. The molecule has 0 amide bonds.